The molecular weight excluding hydrogens is 445 g/mol. The maximum atomic E-state index is 14.4. The number of nitrogens with zero attached hydrogens (tertiary/aromatic N) is 6. The minimum atomic E-state index is -0.434. The lowest BCUT2D eigenvalue weighted by molar-refractivity contribution is 0.612. The molecule has 0 bridgehead atoms. The zero-order chi connectivity index (χ0) is 24.2. The lowest BCUT2D eigenvalue weighted by atomic mass is 10.0. The summed E-state index contributed by atoms with van der Waals surface area (Å²) in [7, 11) is 0. The number of halogens is 1. The lowest BCUT2D eigenvalue weighted by Crippen LogP contribution is -2.25. The highest BCUT2D eigenvalue weighted by Gasteiger charge is 2.16. The number of aryl methyl sites for hydroxylation is 1. The molecule has 35 heavy (non-hydrogen) atoms. The third-order valence-electron chi connectivity index (χ3n) is 5.93. The first-order chi connectivity index (χ1) is 17.2. The standard InChI is InChI=1S/C26H24FN7O/c1-2-3-8-20-17-34(24-12-7-6-11-23(24)27)26(35)33(20)16-19-14-13-18(15-28-19)21-9-4-5-10-22(21)25-29-31-32-30-25/h4-7,9-15,17H,2-3,8,16H2,1H3,(H,29,30,31,32). The Morgan fingerprint density at radius 1 is 1.00 bits per heavy atom. The van der Waals surface area contributed by atoms with Gasteiger partial charge in [-0.2, -0.15) is 5.21 Å². The van der Waals surface area contributed by atoms with Crippen LogP contribution < -0.4 is 5.69 Å². The van der Waals surface area contributed by atoms with E-state index in [1.165, 1.54) is 10.6 Å². The summed E-state index contributed by atoms with van der Waals surface area (Å²) in [5, 5.41) is 14.3. The molecule has 5 aromatic rings. The summed E-state index contributed by atoms with van der Waals surface area (Å²) < 4.78 is 17.5. The molecule has 0 amide bonds. The summed E-state index contributed by atoms with van der Waals surface area (Å²) in [6.07, 6.45) is 6.17. The van der Waals surface area contributed by atoms with Crippen LogP contribution in [0.5, 0.6) is 0 Å². The maximum Gasteiger partial charge on any atom is 0.333 e. The quantitative estimate of drug-likeness (QED) is 0.363. The Hall–Kier alpha value is -4.40. The van der Waals surface area contributed by atoms with E-state index >= 15 is 0 Å². The van der Waals surface area contributed by atoms with E-state index in [-0.39, 0.29) is 11.4 Å². The Morgan fingerprint density at radius 3 is 2.51 bits per heavy atom. The number of hydrogen-bond acceptors (Lipinski definition) is 5. The van der Waals surface area contributed by atoms with E-state index in [2.05, 4.69) is 32.5 Å². The van der Waals surface area contributed by atoms with E-state index in [4.69, 9.17) is 0 Å². The number of pyridine rings is 1. The third-order valence-corrected chi connectivity index (χ3v) is 5.93. The number of para-hydroxylation sites is 1. The van der Waals surface area contributed by atoms with Crippen molar-refractivity contribution in [2.75, 3.05) is 0 Å². The van der Waals surface area contributed by atoms with Crippen molar-refractivity contribution in [2.24, 2.45) is 0 Å². The second kappa shape index (κ2) is 9.84. The minimum absolute atomic E-state index is 0.246. The maximum absolute atomic E-state index is 14.4. The van der Waals surface area contributed by atoms with Crippen molar-refractivity contribution in [3.8, 4) is 28.2 Å². The van der Waals surface area contributed by atoms with Crippen LogP contribution in [-0.4, -0.2) is 34.7 Å². The van der Waals surface area contributed by atoms with Gasteiger partial charge in [-0.1, -0.05) is 55.8 Å². The Kier molecular flexibility index (Phi) is 6.30. The molecular formula is C26H24FN7O. The molecule has 2 aromatic carbocycles. The molecule has 0 radical (unpaired) electrons. The van der Waals surface area contributed by atoms with Crippen molar-refractivity contribution in [1.29, 1.82) is 0 Å². The summed E-state index contributed by atoms with van der Waals surface area (Å²) in [6, 6.07) is 17.9. The van der Waals surface area contributed by atoms with Crippen LogP contribution in [-0.2, 0) is 13.0 Å². The number of imidazole rings is 1. The molecule has 0 aliphatic heterocycles. The number of aromatic amines is 1. The van der Waals surface area contributed by atoms with Gasteiger partial charge in [-0.25, -0.2) is 9.18 Å². The molecule has 0 unspecified atom stereocenters. The van der Waals surface area contributed by atoms with E-state index in [0.29, 0.717) is 12.4 Å². The molecule has 8 nitrogen and oxygen atoms in total. The molecule has 9 heteroatoms. The highest BCUT2D eigenvalue weighted by atomic mass is 19.1. The number of rotatable bonds is 8. The molecule has 1 N–H and O–H groups in total. The van der Waals surface area contributed by atoms with Gasteiger partial charge in [-0.3, -0.25) is 14.1 Å². The third kappa shape index (κ3) is 4.52. The molecule has 5 rings (SSSR count). The van der Waals surface area contributed by atoms with Gasteiger partial charge < -0.3 is 0 Å². The summed E-state index contributed by atoms with van der Waals surface area (Å²) >= 11 is 0. The van der Waals surface area contributed by atoms with Gasteiger partial charge in [0.1, 0.15) is 5.82 Å². The number of unbranched alkanes of at least 4 members (excludes halogenated alkanes) is 1. The fraction of sp³-hybridized carbons (Fsp3) is 0.192. The van der Waals surface area contributed by atoms with Crippen LogP contribution >= 0.6 is 0 Å². The number of hydrogen-bond donors (Lipinski definition) is 1. The summed E-state index contributed by atoms with van der Waals surface area (Å²) in [5.41, 5.74) is 4.22. The zero-order valence-electron chi connectivity index (χ0n) is 19.2. The lowest BCUT2D eigenvalue weighted by Gasteiger charge is -2.09. The smallest absolute Gasteiger partial charge is 0.290 e. The normalized spacial score (nSPS) is 11.1. The number of H-pyrrole nitrogens is 1. The van der Waals surface area contributed by atoms with Crippen LogP contribution in [0.4, 0.5) is 4.39 Å². The first-order valence-corrected chi connectivity index (χ1v) is 11.5. The summed E-state index contributed by atoms with van der Waals surface area (Å²) in [5.74, 6) is 0.0721. The molecule has 0 saturated carbocycles. The van der Waals surface area contributed by atoms with Crippen LogP contribution in [0.2, 0.25) is 0 Å². The molecule has 3 aromatic heterocycles. The molecule has 0 saturated heterocycles. The van der Waals surface area contributed by atoms with Gasteiger partial charge in [0.2, 0.25) is 5.82 Å². The van der Waals surface area contributed by atoms with Crippen molar-refractivity contribution in [1.82, 2.24) is 34.7 Å². The average molecular weight is 470 g/mol. The second-order valence-corrected chi connectivity index (χ2v) is 8.23. The molecule has 0 fully saturated rings. The summed E-state index contributed by atoms with van der Waals surface area (Å²) in [6.45, 7) is 2.40. The van der Waals surface area contributed by atoms with Crippen LogP contribution in [0.1, 0.15) is 31.2 Å². The van der Waals surface area contributed by atoms with Gasteiger partial charge in [0, 0.05) is 29.2 Å². The largest absolute Gasteiger partial charge is 0.333 e. The minimum Gasteiger partial charge on any atom is -0.290 e. The first-order valence-electron chi connectivity index (χ1n) is 11.5. The van der Waals surface area contributed by atoms with Gasteiger partial charge in [0.05, 0.1) is 17.9 Å². The highest BCUT2D eigenvalue weighted by Crippen LogP contribution is 2.29. The fourth-order valence-corrected chi connectivity index (χ4v) is 4.12. The predicted molar refractivity (Wildman–Crippen MR) is 131 cm³/mol. The van der Waals surface area contributed by atoms with E-state index in [1.54, 1.807) is 35.2 Å². The van der Waals surface area contributed by atoms with Crippen LogP contribution in [0.25, 0.3) is 28.2 Å². The van der Waals surface area contributed by atoms with Crippen LogP contribution in [0.15, 0.2) is 77.9 Å². The van der Waals surface area contributed by atoms with Crippen LogP contribution in [0, 0.1) is 5.82 Å². The Morgan fingerprint density at radius 2 is 1.80 bits per heavy atom. The van der Waals surface area contributed by atoms with Gasteiger partial charge >= 0.3 is 5.69 Å². The van der Waals surface area contributed by atoms with Crippen molar-refractivity contribution < 1.29 is 4.39 Å². The molecule has 0 atom stereocenters. The zero-order valence-corrected chi connectivity index (χ0v) is 19.2. The van der Waals surface area contributed by atoms with Crippen LogP contribution in [0.3, 0.4) is 0 Å². The summed E-state index contributed by atoms with van der Waals surface area (Å²) in [4.78, 5) is 17.9. The van der Waals surface area contributed by atoms with Crippen molar-refractivity contribution in [3.63, 3.8) is 0 Å². The first kappa shape index (κ1) is 22.4. The van der Waals surface area contributed by atoms with Crippen molar-refractivity contribution >= 4 is 0 Å². The van der Waals surface area contributed by atoms with Gasteiger partial charge in [-0.15, -0.1) is 10.2 Å². The van der Waals surface area contributed by atoms with E-state index in [0.717, 1.165) is 47.3 Å². The molecule has 3 heterocycles. The monoisotopic (exact) mass is 469 g/mol. The molecule has 176 valence electrons. The van der Waals surface area contributed by atoms with Crippen molar-refractivity contribution in [3.05, 3.63) is 101 Å². The second-order valence-electron chi connectivity index (χ2n) is 8.23. The van der Waals surface area contributed by atoms with Crippen molar-refractivity contribution in [2.45, 2.75) is 32.7 Å². The van der Waals surface area contributed by atoms with Gasteiger partial charge in [0.15, 0.2) is 0 Å². The SMILES string of the molecule is CCCCc1cn(-c2ccccc2F)c(=O)n1Cc1ccc(-c2ccccc2-c2nn[nH]n2)cn1. The topological polar surface area (TPSA) is 94.3 Å². The number of aromatic nitrogens is 7. The predicted octanol–water partition coefficient (Wildman–Crippen LogP) is 4.41. The Bertz CT molecular complexity index is 1490. The molecule has 0 aliphatic carbocycles. The van der Waals surface area contributed by atoms with Gasteiger partial charge in [0.25, 0.3) is 0 Å². The van der Waals surface area contributed by atoms with Gasteiger partial charge in [-0.05, 0) is 41.8 Å². The average Bonchev–Trinajstić information content (AvgIpc) is 3.53. The number of tetrazole rings is 1. The van der Waals surface area contributed by atoms with E-state index in [1.807, 2.05) is 36.4 Å². The number of nitrogens with one attached hydrogen (secondary N) is 1. The highest BCUT2D eigenvalue weighted by molar-refractivity contribution is 5.79. The Labute approximate surface area is 201 Å². The number of benzene rings is 2. The molecule has 0 aliphatic rings. The Balaban J connectivity index is 1.47. The molecule has 0 spiro atoms. The van der Waals surface area contributed by atoms with E-state index < -0.39 is 5.82 Å². The van der Waals surface area contributed by atoms with E-state index in [9.17, 15) is 9.18 Å². The fourth-order valence-electron chi connectivity index (χ4n) is 4.12.